The lowest BCUT2D eigenvalue weighted by molar-refractivity contribution is -0.139. The molecule has 1 aromatic carbocycles. The van der Waals surface area contributed by atoms with E-state index in [2.05, 4.69) is 0 Å². The van der Waals surface area contributed by atoms with E-state index in [0.29, 0.717) is 41.2 Å². The summed E-state index contributed by atoms with van der Waals surface area (Å²) in [7, 11) is 3.08. The molecule has 0 unspecified atom stereocenters. The third-order valence-corrected chi connectivity index (χ3v) is 5.20. The fourth-order valence-electron chi connectivity index (χ4n) is 3.97. The summed E-state index contributed by atoms with van der Waals surface area (Å²) in [5.41, 5.74) is 7.04. The number of carbonyl (C=O) groups excluding carboxylic acids is 2. The van der Waals surface area contributed by atoms with Crippen molar-refractivity contribution in [2.75, 3.05) is 20.8 Å². The van der Waals surface area contributed by atoms with E-state index in [9.17, 15) is 9.59 Å². The van der Waals surface area contributed by atoms with Crippen molar-refractivity contribution < 1.29 is 28.5 Å². The molecule has 2 aliphatic rings. The number of ketones is 1. The molecule has 0 bridgehead atoms. The van der Waals surface area contributed by atoms with Gasteiger partial charge in [-0.25, -0.2) is 4.79 Å². The van der Waals surface area contributed by atoms with E-state index in [1.807, 2.05) is 13.8 Å². The number of rotatable bonds is 5. The molecule has 0 aromatic heterocycles. The Labute approximate surface area is 170 Å². The molecular weight excluding hydrogens is 374 g/mol. The molecule has 1 heterocycles. The number of nitrogens with two attached hydrogens (primary N) is 1. The topological polar surface area (TPSA) is 97.1 Å². The van der Waals surface area contributed by atoms with E-state index in [0.717, 1.165) is 0 Å². The third-order valence-electron chi connectivity index (χ3n) is 5.20. The number of hydrogen-bond donors (Lipinski definition) is 1. The molecule has 0 saturated carbocycles. The molecule has 3 rings (SSSR count). The Kier molecular flexibility index (Phi) is 5.59. The van der Waals surface area contributed by atoms with Crippen LogP contribution in [0.4, 0.5) is 0 Å². The first-order valence-electron chi connectivity index (χ1n) is 9.55. The van der Waals surface area contributed by atoms with Crippen molar-refractivity contribution >= 4 is 11.8 Å². The van der Waals surface area contributed by atoms with Crippen molar-refractivity contribution in [2.45, 2.75) is 39.5 Å². The Balaban J connectivity index is 2.26. The largest absolute Gasteiger partial charge is 0.497 e. The molecule has 156 valence electrons. The molecule has 1 aliphatic carbocycles. The zero-order valence-corrected chi connectivity index (χ0v) is 17.5. The van der Waals surface area contributed by atoms with Gasteiger partial charge in [0.05, 0.1) is 26.7 Å². The molecule has 7 nitrogen and oxygen atoms in total. The van der Waals surface area contributed by atoms with Crippen molar-refractivity contribution in [3.63, 3.8) is 0 Å². The minimum absolute atomic E-state index is 0.0532. The molecule has 1 aliphatic heterocycles. The van der Waals surface area contributed by atoms with E-state index in [-0.39, 0.29) is 29.3 Å². The van der Waals surface area contributed by atoms with Crippen molar-refractivity contribution in [1.29, 1.82) is 0 Å². The zero-order valence-electron chi connectivity index (χ0n) is 17.5. The van der Waals surface area contributed by atoms with E-state index in [1.165, 1.54) is 7.11 Å². The Morgan fingerprint density at radius 1 is 1.24 bits per heavy atom. The predicted octanol–water partition coefficient (Wildman–Crippen LogP) is 3.19. The van der Waals surface area contributed by atoms with Crippen LogP contribution in [0.5, 0.6) is 11.5 Å². The van der Waals surface area contributed by atoms with Crippen LogP contribution in [0.15, 0.2) is 41.0 Å². The summed E-state index contributed by atoms with van der Waals surface area (Å²) in [5, 5.41) is 0. The second-order valence-electron chi connectivity index (χ2n) is 7.92. The van der Waals surface area contributed by atoms with Gasteiger partial charge in [0.15, 0.2) is 5.78 Å². The van der Waals surface area contributed by atoms with Gasteiger partial charge in [0, 0.05) is 24.0 Å². The van der Waals surface area contributed by atoms with E-state index in [4.69, 9.17) is 24.7 Å². The van der Waals surface area contributed by atoms with Crippen LogP contribution in [0.3, 0.4) is 0 Å². The molecule has 0 spiro atoms. The summed E-state index contributed by atoms with van der Waals surface area (Å²) in [6.07, 6.45) is 0.877. The molecule has 1 aromatic rings. The van der Waals surface area contributed by atoms with Gasteiger partial charge in [0.1, 0.15) is 22.8 Å². The lowest BCUT2D eigenvalue weighted by atomic mass is 9.70. The fraction of sp³-hybridized carbons (Fsp3) is 0.455. The third kappa shape index (κ3) is 3.81. The highest BCUT2D eigenvalue weighted by atomic mass is 16.5. The number of allylic oxidation sites excluding steroid dienone is 2. The van der Waals surface area contributed by atoms with Crippen LogP contribution in [0.1, 0.15) is 45.1 Å². The van der Waals surface area contributed by atoms with Crippen molar-refractivity contribution in [3.05, 3.63) is 46.6 Å². The highest BCUT2D eigenvalue weighted by molar-refractivity contribution is 6.03. The van der Waals surface area contributed by atoms with Gasteiger partial charge in [-0.2, -0.15) is 0 Å². The average Bonchev–Trinajstić information content (AvgIpc) is 2.65. The van der Waals surface area contributed by atoms with Gasteiger partial charge in [-0.05, 0) is 30.5 Å². The van der Waals surface area contributed by atoms with Gasteiger partial charge in [0.25, 0.3) is 0 Å². The maximum atomic E-state index is 13.2. The van der Waals surface area contributed by atoms with Crippen LogP contribution >= 0.6 is 0 Å². The number of carbonyl (C=O) groups is 2. The van der Waals surface area contributed by atoms with Crippen LogP contribution in [-0.2, 0) is 19.1 Å². The summed E-state index contributed by atoms with van der Waals surface area (Å²) in [6.45, 7) is 5.88. The van der Waals surface area contributed by atoms with Crippen LogP contribution in [0.25, 0.3) is 0 Å². The predicted molar refractivity (Wildman–Crippen MR) is 106 cm³/mol. The first-order valence-corrected chi connectivity index (χ1v) is 9.55. The van der Waals surface area contributed by atoms with Crippen LogP contribution in [-0.4, -0.2) is 32.6 Å². The van der Waals surface area contributed by atoms with Crippen molar-refractivity contribution in [2.24, 2.45) is 11.1 Å². The number of hydrogen-bond acceptors (Lipinski definition) is 7. The van der Waals surface area contributed by atoms with Gasteiger partial charge >= 0.3 is 5.97 Å². The van der Waals surface area contributed by atoms with Crippen molar-refractivity contribution in [3.8, 4) is 11.5 Å². The second kappa shape index (κ2) is 7.81. The summed E-state index contributed by atoms with van der Waals surface area (Å²) in [6, 6.07) is 5.24. The molecule has 0 fully saturated rings. The van der Waals surface area contributed by atoms with E-state index < -0.39 is 11.9 Å². The zero-order chi connectivity index (χ0) is 21.3. The number of methoxy groups -OCH3 is 2. The normalized spacial score (nSPS) is 20.7. The molecule has 7 heteroatoms. The quantitative estimate of drug-likeness (QED) is 0.757. The maximum absolute atomic E-state index is 13.2. The highest BCUT2D eigenvalue weighted by Gasteiger charge is 2.46. The Hall–Kier alpha value is -2.96. The Bertz CT molecular complexity index is 912. The van der Waals surface area contributed by atoms with Crippen LogP contribution in [0, 0.1) is 5.41 Å². The summed E-state index contributed by atoms with van der Waals surface area (Å²) in [4.78, 5) is 26.0. The minimum atomic E-state index is -0.758. The molecular formula is C22H27NO6. The summed E-state index contributed by atoms with van der Waals surface area (Å²) >= 11 is 0. The molecule has 0 amide bonds. The first kappa shape index (κ1) is 20.8. The lowest BCUT2D eigenvalue weighted by Crippen LogP contribution is -2.35. The summed E-state index contributed by atoms with van der Waals surface area (Å²) < 4.78 is 21.9. The SMILES string of the molecule is CCOC(=O)C1=C(N)OC2=C(C(=O)CC(C)(C)C2)[C@@H]1c1cc(OC)ccc1OC. The number of esters is 1. The van der Waals surface area contributed by atoms with Gasteiger partial charge < -0.3 is 24.7 Å². The molecule has 1 atom stereocenters. The van der Waals surface area contributed by atoms with Crippen molar-refractivity contribution in [1.82, 2.24) is 0 Å². The maximum Gasteiger partial charge on any atom is 0.340 e. The highest BCUT2D eigenvalue weighted by Crippen LogP contribution is 2.50. The fourth-order valence-corrected chi connectivity index (χ4v) is 3.97. The minimum Gasteiger partial charge on any atom is -0.497 e. The standard InChI is InChI=1S/C22H27NO6/c1-6-28-21(25)19-17(13-9-12(26-4)7-8-15(13)27-5)18-14(24)10-22(2,3)11-16(18)29-20(19)23/h7-9,17H,6,10-11,23H2,1-5H3/t17-/m0/s1. The Morgan fingerprint density at radius 3 is 2.59 bits per heavy atom. The van der Waals surface area contributed by atoms with Gasteiger partial charge in [-0.15, -0.1) is 0 Å². The molecule has 2 N–H and O–H groups in total. The van der Waals surface area contributed by atoms with E-state index in [1.54, 1.807) is 32.2 Å². The number of Topliss-reactive ketones (excluding diaryl/α,β-unsaturated/α-hetero) is 1. The molecule has 0 radical (unpaired) electrons. The number of benzene rings is 1. The van der Waals surface area contributed by atoms with Gasteiger partial charge in [0.2, 0.25) is 5.88 Å². The Morgan fingerprint density at radius 2 is 1.97 bits per heavy atom. The lowest BCUT2D eigenvalue weighted by Gasteiger charge is -2.38. The monoisotopic (exact) mass is 401 g/mol. The second-order valence-corrected chi connectivity index (χ2v) is 7.92. The van der Waals surface area contributed by atoms with Crippen LogP contribution < -0.4 is 15.2 Å². The first-order chi connectivity index (χ1) is 13.7. The average molecular weight is 401 g/mol. The smallest absolute Gasteiger partial charge is 0.340 e. The van der Waals surface area contributed by atoms with E-state index >= 15 is 0 Å². The summed E-state index contributed by atoms with van der Waals surface area (Å²) in [5.74, 6) is 0.0572. The van der Waals surface area contributed by atoms with Crippen LogP contribution in [0.2, 0.25) is 0 Å². The van der Waals surface area contributed by atoms with Gasteiger partial charge in [-0.1, -0.05) is 13.8 Å². The number of ether oxygens (including phenoxy) is 4. The molecule has 29 heavy (non-hydrogen) atoms. The molecule has 0 saturated heterocycles. The van der Waals surface area contributed by atoms with Gasteiger partial charge in [-0.3, -0.25) is 4.79 Å².